The van der Waals surface area contributed by atoms with E-state index in [2.05, 4.69) is 22.0 Å². The molecule has 0 radical (unpaired) electrons. The largest absolute Gasteiger partial charge is 0.497 e. The fourth-order valence-electron chi connectivity index (χ4n) is 7.09. The molecule has 0 amide bonds. The molecule has 7 rings (SSSR count). The minimum atomic E-state index is -1.52. The number of ether oxygens (including phenoxy) is 1. The first-order chi connectivity index (χ1) is 19.9. The molecule has 0 saturated carbocycles. The average molecular weight is 605 g/mol. The van der Waals surface area contributed by atoms with Crippen molar-refractivity contribution in [2.75, 3.05) is 12.0 Å². The zero-order valence-corrected chi connectivity index (χ0v) is 24.1. The van der Waals surface area contributed by atoms with Gasteiger partial charge in [-0.05, 0) is 54.4 Å². The van der Waals surface area contributed by atoms with Crippen LogP contribution in [-0.2, 0) is 0 Å². The third-order valence-electron chi connectivity index (χ3n) is 8.81. The molecule has 1 fully saturated rings. The Balaban J connectivity index is 1.54. The second-order valence-electron chi connectivity index (χ2n) is 10.9. The molecule has 3 atom stereocenters. The fourth-order valence-corrected chi connectivity index (χ4v) is 7.35. The van der Waals surface area contributed by atoms with Crippen molar-refractivity contribution < 1.29 is 19.1 Å². The number of ketones is 3. The first kappa shape index (κ1) is 25.7. The fraction of sp³-hybridized carbons (Fsp3) is 0.171. The lowest BCUT2D eigenvalue weighted by Crippen LogP contribution is -2.48. The topological polar surface area (TPSA) is 63.7 Å². The van der Waals surface area contributed by atoms with Crippen LogP contribution >= 0.6 is 15.9 Å². The van der Waals surface area contributed by atoms with E-state index in [1.54, 1.807) is 55.6 Å². The van der Waals surface area contributed by atoms with E-state index in [0.29, 0.717) is 22.4 Å². The lowest BCUT2D eigenvalue weighted by atomic mass is 9.64. The quantitative estimate of drug-likeness (QED) is 0.184. The number of benzene rings is 4. The Morgan fingerprint density at radius 3 is 2.27 bits per heavy atom. The second-order valence-corrected chi connectivity index (χ2v) is 11.8. The van der Waals surface area contributed by atoms with Gasteiger partial charge >= 0.3 is 0 Å². The summed E-state index contributed by atoms with van der Waals surface area (Å²) in [6, 6.07) is 26.4. The van der Waals surface area contributed by atoms with Gasteiger partial charge in [0, 0.05) is 32.8 Å². The smallest absolute Gasteiger partial charge is 0.186 e. The third-order valence-corrected chi connectivity index (χ3v) is 9.34. The van der Waals surface area contributed by atoms with E-state index in [-0.39, 0.29) is 17.3 Å². The molecule has 2 heterocycles. The minimum Gasteiger partial charge on any atom is -0.497 e. The van der Waals surface area contributed by atoms with Gasteiger partial charge in [0.15, 0.2) is 17.3 Å². The molecule has 1 saturated heterocycles. The van der Waals surface area contributed by atoms with Crippen molar-refractivity contribution in [3.05, 3.63) is 135 Å². The first-order valence-corrected chi connectivity index (χ1v) is 14.3. The third kappa shape index (κ3) is 3.56. The summed E-state index contributed by atoms with van der Waals surface area (Å²) in [6.45, 7) is 2.02. The predicted octanol–water partition coefficient (Wildman–Crippen LogP) is 7.08. The molecule has 0 aromatic heterocycles. The van der Waals surface area contributed by atoms with Gasteiger partial charge in [-0.25, -0.2) is 0 Å². The number of halogens is 1. The predicted molar refractivity (Wildman–Crippen MR) is 162 cm³/mol. The van der Waals surface area contributed by atoms with Crippen molar-refractivity contribution in [1.82, 2.24) is 0 Å². The lowest BCUT2D eigenvalue weighted by molar-refractivity contribution is 0.0666. The molecule has 3 aliphatic rings. The molecule has 6 heteroatoms. The van der Waals surface area contributed by atoms with E-state index in [1.165, 1.54) is 0 Å². The van der Waals surface area contributed by atoms with Gasteiger partial charge in [0.25, 0.3) is 0 Å². The van der Waals surface area contributed by atoms with Crippen LogP contribution in [0.4, 0.5) is 5.69 Å². The van der Waals surface area contributed by atoms with E-state index >= 15 is 0 Å². The van der Waals surface area contributed by atoms with Crippen LogP contribution in [0.25, 0.3) is 6.08 Å². The van der Waals surface area contributed by atoms with Crippen molar-refractivity contribution in [2.24, 2.45) is 5.41 Å². The molecule has 0 N–H and O–H groups in total. The normalized spacial score (nSPS) is 21.5. The van der Waals surface area contributed by atoms with Gasteiger partial charge in [-0.2, -0.15) is 0 Å². The van der Waals surface area contributed by atoms with Crippen LogP contribution in [0.1, 0.15) is 53.7 Å². The molecule has 0 bridgehead atoms. The number of hydrogen-bond donors (Lipinski definition) is 0. The first-order valence-electron chi connectivity index (χ1n) is 13.6. The molecule has 1 aliphatic carbocycles. The van der Waals surface area contributed by atoms with Crippen LogP contribution in [0.15, 0.2) is 102 Å². The highest BCUT2D eigenvalue weighted by Crippen LogP contribution is 2.61. The Bertz CT molecular complexity index is 1760. The molecule has 2 aliphatic heterocycles. The van der Waals surface area contributed by atoms with Crippen LogP contribution in [0.5, 0.6) is 5.75 Å². The van der Waals surface area contributed by atoms with Gasteiger partial charge in [-0.15, -0.1) is 0 Å². The summed E-state index contributed by atoms with van der Waals surface area (Å²) >= 11 is 3.53. The molecule has 4 aromatic rings. The Morgan fingerprint density at radius 2 is 1.59 bits per heavy atom. The van der Waals surface area contributed by atoms with Crippen molar-refractivity contribution in [3.8, 4) is 5.75 Å². The van der Waals surface area contributed by atoms with E-state index < -0.39 is 23.4 Å². The number of anilines is 1. The number of carbonyl (C=O) groups excluding carboxylic acids is 3. The number of methoxy groups -OCH3 is 1. The number of Topliss-reactive ketones (excluding diaryl/α,β-unsaturated/α-hetero) is 3. The van der Waals surface area contributed by atoms with Crippen molar-refractivity contribution >= 4 is 45.0 Å². The van der Waals surface area contributed by atoms with Crippen LogP contribution in [0.3, 0.4) is 0 Å². The number of hydrogen-bond acceptors (Lipinski definition) is 5. The lowest BCUT2D eigenvalue weighted by Gasteiger charge is -2.37. The SMILES string of the molecule is COc1cccc(C(=O)C2C(c3ccc(Br)cc3)C3(C(=O)c4ccccc4C3=O)C3C=Cc4cc(C)ccc4N23)c1. The van der Waals surface area contributed by atoms with Crippen molar-refractivity contribution in [3.63, 3.8) is 0 Å². The average Bonchev–Trinajstić information content (AvgIpc) is 3.43. The van der Waals surface area contributed by atoms with E-state index in [4.69, 9.17) is 4.74 Å². The highest BCUT2D eigenvalue weighted by molar-refractivity contribution is 9.10. The van der Waals surface area contributed by atoms with E-state index in [1.807, 2.05) is 60.4 Å². The van der Waals surface area contributed by atoms with Crippen LogP contribution in [-0.4, -0.2) is 36.5 Å². The van der Waals surface area contributed by atoms with E-state index in [9.17, 15) is 14.4 Å². The molecule has 3 unspecified atom stereocenters. The summed E-state index contributed by atoms with van der Waals surface area (Å²) < 4.78 is 6.32. The van der Waals surface area contributed by atoms with Crippen molar-refractivity contribution in [2.45, 2.75) is 24.9 Å². The highest BCUT2D eigenvalue weighted by atomic mass is 79.9. The van der Waals surface area contributed by atoms with Crippen LogP contribution in [0, 0.1) is 12.3 Å². The Morgan fingerprint density at radius 1 is 0.878 bits per heavy atom. The molecular weight excluding hydrogens is 578 g/mol. The van der Waals surface area contributed by atoms with E-state index in [0.717, 1.165) is 26.9 Å². The summed E-state index contributed by atoms with van der Waals surface area (Å²) in [5, 5.41) is 0. The zero-order chi connectivity index (χ0) is 28.5. The number of fused-ring (bicyclic) bond motifs is 5. The molecule has 41 heavy (non-hydrogen) atoms. The maximum atomic E-state index is 14.8. The zero-order valence-electron chi connectivity index (χ0n) is 22.5. The molecule has 4 aromatic carbocycles. The molecule has 202 valence electrons. The molecule has 5 nitrogen and oxygen atoms in total. The van der Waals surface area contributed by atoms with Crippen molar-refractivity contribution in [1.29, 1.82) is 0 Å². The van der Waals surface area contributed by atoms with Gasteiger partial charge in [-0.3, -0.25) is 14.4 Å². The number of nitrogens with zero attached hydrogens (tertiary/aromatic N) is 1. The van der Waals surface area contributed by atoms with Gasteiger partial charge in [0.2, 0.25) is 0 Å². The standard InChI is InChI=1S/C35H26BrNO4/c1-20-10-16-28-22(18-20)13-17-29-35(33(39)26-8-3-4-9-27(26)34(35)40)30(21-11-14-24(36)15-12-21)31(37(28)29)32(38)23-6-5-7-25(19-23)41-2/h3-19,29-31H,1-2H3. The molecular formula is C35H26BrNO4. The number of rotatable bonds is 4. The Labute approximate surface area is 246 Å². The highest BCUT2D eigenvalue weighted by Gasteiger charge is 2.71. The number of carbonyl (C=O) groups is 3. The van der Waals surface area contributed by atoms with Gasteiger partial charge < -0.3 is 9.64 Å². The van der Waals surface area contributed by atoms with Crippen LogP contribution < -0.4 is 9.64 Å². The van der Waals surface area contributed by atoms with Crippen LogP contribution in [0.2, 0.25) is 0 Å². The Kier molecular flexibility index (Phi) is 5.87. The maximum Gasteiger partial charge on any atom is 0.186 e. The van der Waals surface area contributed by atoms with Gasteiger partial charge in [-0.1, -0.05) is 88.2 Å². The van der Waals surface area contributed by atoms with Gasteiger partial charge in [0.1, 0.15) is 17.2 Å². The van der Waals surface area contributed by atoms with Gasteiger partial charge in [0.05, 0.1) is 13.2 Å². The summed E-state index contributed by atoms with van der Waals surface area (Å²) in [7, 11) is 1.57. The second kappa shape index (κ2) is 9.38. The maximum absolute atomic E-state index is 14.8. The molecule has 1 spiro atoms. The summed E-state index contributed by atoms with van der Waals surface area (Å²) in [5.74, 6) is -0.819. The summed E-state index contributed by atoms with van der Waals surface area (Å²) in [6.07, 6.45) is 3.94. The monoisotopic (exact) mass is 603 g/mol. The number of aryl methyl sites for hydroxylation is 1. The Hall–Kier alpha value is -4.29. The minimum absolute atomic E-state index is 0.169. The summed E-state index contributed by atoms with van der Waals surface area (Å²) in [5.41, 5.74) is 3.41. The summed E-state index contributed by atoms with van der Waals surface area (Å²) in [4.78, 5) is 46.2.